The topological polar surface area (TPSA) is 48.4 Å². The molecule has 0 unspecified atom stereocenters. The van der Waals surface area contributed by atoms with Crippen LogP contribution in [0.1, 0.15) is 16.3 Å². The Morgan fingerprint density at radius 2 is 2.25 bits per heavy atom. The number of rotatable bonds is 5. The number of hydrogen-bond acceptors (Lipinski definition) is 5. The molecule has 0 amide bonds. The first kappa shape index (κ1) is 14.5. The van der Waals surface area contributed by atoms with E-state index in [4.69, 9.17) is 9.47 Å². The second-order valence-electron chi connectivity index (χ2n) is 4.16. The van der Waals surface area contributed by atoms with Gasteiger partial charge in [-0.25, -0.2) is 9.37 Å². The van der Waals surface area contributed by atoms with Crippen LogP contribution in [0.25, 0.3) is 0 Å². The summed E-state index contributed by atoms with van der Waals surface area (Å²) in [7, 11) is 1.40. The second kappa shape index (κ2) is 6.47. The summed E-state index contributed by atoms with van der Waals surface area (Å²) in [5.41, 5.74) is 1.27. The molecule has 0 spiro atoms. The van der Waals surface area contributed by atoms with Crippen LogP contribution in [-0.4, -0.2) is 18.1 Å². The highest BCUT2D eigenvalue weighted by atomic mass is 32.1. The number of methoxy groups -OCH3 is 1. The summed E-state index contributed by atoms with van der Waals surface area (Å²) in [5, 5.41) is 2.73. The van der Waals surface area contributed by atoms with Crippen LogP contribution in [0.3, 0.4) is 0 Å². The normalized spacial score (nSPS) is 10.3. The molecule has 0 radical (unpaired) electrons. The highest BCUT2D eigenvalue weighted by Crippen LogP contribution is 2.18. The van der Waals surface area contributed by atoms with Gasteiger partial charge in [-0.15, -0.1) is 11.3 Å². The highest BCUT2D eigenvalue weighted by molar-refractivity contribution is 7.09. The van der Waals surface area contributed by atoms with E-state index < -0.39 is 5.82 Å². The van der Waals surface area contributed by atoms with Gasteiger partial charge in [0, 0.05) is 5.38 Å². The Morgan fingerprint density at radius 3 is 2.85 bits per heavy atom. The van der Waals surface area contributed by atoms with Crippen molar-refractivity contribution in [2.75, 3.05) is 7.11 Å². The van der Waals surface area contributed by atoms with E-state index >= 15 is 0 Å². The largest absolute Gasteiger partial charge is 0.494 e. The Morgan fingerprint density at radius 1 is 1.45 bits per heavy atom. The summed E-state index contributed by atoms with van der Waals surface area (Å²) < 4.78 is 23.4. The average molecular weight is 295 g/mol. The number of carbonyl (C=O) groups is 1. The van der Waals surface area contributed by atoms with Crippen LogP contribution in [0.5, 0.6) is 5.75 Å². The Bertz CT molecular complexity index is 612. The maximum Gasteiger partial charge on any atom is 0.312 e. The maximum atomic E-state index is 13.5. The second-order valence-corrected chi connectivity index (χ2v) is 5.23. The Hall–Kier alpha value is -1.95. The van der Waals surface area contributed by atoms with Crippen molar-refractivity contribution in [2.24, 2.45) is 0 Å². The van der Waals surface area contributed by atoms with E-state index in [0.29, 0.717) is 11.3 Å². The van der Waals surface area contributed by atoms with Crippen molar-refractivity contribution >= 4 is 17.3 Å². The van der Waals surface area contributed by atoms with E-state index in [0.717, 1.165) is 5.01 Å². The minimum atomic E-state index is -0.476. The van der Waals surface area contributed by atoms with Gasteiger partial charge in [-0.05, 0) is 24.6 Å². The van der Waals surface area contributed by atoms with Gasteiger partial charge in [0.1, 0.15) is 6.61 Å². The van der Waals surface area contributed by atoms with Gasteiger partial charge in [-0.3, -0.25) is 4.79 Å². The molecule has 0 bridgehead atoms. The quantitative estimate of drug-likeness (QED) is 0.796. The predicted octanol–water partition coefficient (Wildman–Crippen LogP) is 2.89. The van der Waals surface area contributed by atoms with Crippen molar-refractivity contribution in [1.82, 2.24) is 4.98 Å². The van der Waals surface area contributed by atoms with Gasteiger partial charge in [-0.2, -0.15) is 0 Å². The Kier molecular flexibility index (Phi) is 4.68. The molecule has 1 aromatic heterocycles. The average Bonchev–Trinajstić information content (AvgIpc) is 2.82. The van der Waals surface area contributed by atoms with E-state index in [9.17, 15) is 9.18 Å². The van der Waals surface area contributed by atoms with Crippen molar-refractivity contribution in [1.29, 1.82) is 0 Å². The molecule has 0 aliphatic rings. The number of halogens is 1. The SMILES string of the molecule is COc1ccc(COC(=O)Cc2csc(C)n2)cc1F. The monoisotopic (exact) mass is 295 g/mol. The third-order valence-electron chi connectivity index (χ3n) is 2.61. The molecule has 4 nitrogen and oxygen atoms in total. The van der Waals surface area contributed by atoms with Crippen molar-refractivity contribution in [2.45, 2.75) is 20.0 Å². The standard InChI is InChI=1S/C14H14FNO3S/c1-9-16-11(8-20-9)6-14(17)19-7-10-3-4-13(18-2)12(15)5-10/h3-5,8H,6-7H2,1-2H3. The lowest BCUT2D eigenvalue weighted by atomic mass is 10.2. The molecular weight excluding hydrogens is 281 g/mol. The van der Waals surface area contributed by atoms with E-state index in [-0.39, 0.29) is 24.7 Å². The summed E-state index contributed by atoms with van der Waals surface area (Å²) >= 11 is 1.48. The zero-order chi connectivity index (χ0) is 14.5. The minimum absolute atomic E-state index is 0.0306. The van der Waals surface area contributed by atoms with Crippen molar-refractivity contribution in [3.8, 4) is 5.75 Å². The highest BCUT2D eigenvalue weighted by Gasteiger charge is 2.09. The zero-order valence-corrected chi connectivity index (χ0v) is 12.0. The fourth-order valence-electron chi connectivity index (χ4n) is 1.65. The molecule has 0 N–H and O–H groups in total. The van der Waals surface area contributed by atoms with Crippen LogP contribution >= 0.6 is 11.3 Å². The van der Waals surface area contributed by atoms with Gasteiger partial charge in [0.05, 0.1) is 24.2 Å². The third kappa shape index (κ3) is 3.77. The summed E-state index contributed by atoms with van der Waals surface area (Å²) in [6.07, 6.45) is 0.128. The van der Waals surface area contributed by atoms with Crippen molar-refractivity contribution < 1.29 is 18.7 Å². The van der Waals surface area contributed by atoms with Gasteiger partial charge in [0.2, 0.25) is 0 Å². The molecule has 1 aromatic carbocycles. The number of benzene rings is 1. The molecule has 0 saturated heterocycles. The lowest BCUT2D eigenvalue weighted by Crippen LogP contribution is -2.08. The molecule has 2 rings (SSSR count). The molecule has 2 aromatic rings. The number of aromatic nitrogens is 1. The van der Waals surface area contributed by atoms with Crippen LogP contribution in [0.2, 0.25) is 0 Å². The van der Waals surface area contributed by atoms with Gasteiger partial charge < -0.3 is 9.47 Å². The number of aryl methyl sites for hydroxylation is 1. The van der Waals surface area contributed by atoms with Crippen molar-refractivity contribution in [3.05, 3.63) is 45.7 Å². The summed E-state index contributed by atoms with van der Waals surface area (Å²) in [5.74, 6) is -0.694. The fraction of sp³-hybridized carbons (Fsp3) is 0.286. The van der Waals surface area contributed by atoms with Crippen LogP contribution < -0.4 is 4.74 Å². The summed E-state index contributed by atoms with van der Waals surface area (Å²) in [6.45, 7) is 1.91. The van der Waals surface area contributed by atoms with Crippen LogP contribution in [-0.2, 0) is 22.6 Å². The van der Waals surface area contributed by atoms with E-state index in [1.807, 2.05) is 12.3 Å². The van der Waals surface area contributed by atoms with E-state index in [2.05, 4.69) is 4.98 Å². The number of ether oxygens (including phenoxy) is 2. The van der Waals surface area contributed by atoms with Gasteiger partial charge in [0.25, 0.3) is 0 Å². The number of thiazole rings is 1. The number of hydrogen-bond donors (Lipinski definition) is 0. The van der Waals surface area contributed by atoms with Crippen molar-refractivity contribution in [3.63, 3.8) is 0 Å². The van der Waals surface area contributed by atoms with Crippen LogP contribution in [0, 0.1) is 12.7 Å². The lowest BCUT2D eigenvalue weighted by Gasteiger charge is -2.06. The Labute approximate surface area is 120 Å². The van der Waals surface area contributed by atoms with Crippen LogP contribution in [0.4, 0.5) is 4.39 Å². The first-order valence-corrected chi connectivity index (χ1v) is 6.85. The molecule has 0 saturated carbocycles. The molecular formula is C14H14FNO3S. The molecule has 106 valence electrons. The van der Waals surface area contributed by atoms with E-state index in [1.54, 1.807) is 6.07 Å². The van der Waals surface area contributed by atoms with Gasteiger partial charge in [-0.1, -0.05) is 6.07 Å². The van der Waals surface area contributed by atoms with Gasteiger partial charge in [0.15, 0.2) is 11.6 Å². The van der Waals surface area contributed by atoms with E-state index in [1.165, 1.54) is 30.6 Å². The molecule has 1 heterocycles. The predicted molar refractivity (Wildman–Crippen MR) is 73.3 cm³/mol. The first-order chi connectivity index (χ1) is 9.58. The zero-order valence-electron chi connectivity index (χ0n) is 11.2. The third-order valence-corrected chi connectivity index (χ3v) is 3.43. The lowest BCUT2D eigenvalue weighted by molar-refractivity contribution is -0.144. The number of nitrogens with zero attached hydrogens (tertiary/aromatic N) is 1. The molecule has 0 fully saturated rings. The number of carbonyl (C=O) groups excluding carboxylic acids is 1. The number of esters is 1. The van der Waals surface area contributed by atoms with Crippen LogP contribution in [0.15, 0.2) is 23.6 Å². The fourth-order valence-corrected chi connectivity index (χ4v) is 2.26. The molecule has 0 aliphatic heterocycles. The summed E-state index contributed by atoms with van der Waals surface area (Å²) in [6, 6.07) is 4.45. The molecule has 0 atom stereocenters. The molecule has 20 heavy (non-hydrogen) atoms. The summed E-state index contributed by atoms with van der Waals surface area (Å²) in [4.78, 5) is 15.8. The Balaban J connectivity index is 1.88. The molecule has 6 heteroatoms. The smallest absolute Gasteiger partial charge is 0.312 e. The maximum absolute atomic E-state index is 13.5. The first-order valence-electron chi connectivity index (χ1n) is 5.97. The van der Waals surface area contributed by atoms with Gasteiger partial charge >= 0.3 is 5.97 Å². The molecule has 0 aliphatic carbocycles. The minimum Gasteiger partial charge on any atom is -0.494 e.